The van der Waals surface area contributed by atoms with Crippen LogP contribution in [0.25, 0.3) is 0 Å². The van der Waals surface area contributed by atoms with Crippen LogP contribution in [0, 0.1) is 0 Å². The van der Waals surface area contributed by atoms with Crippen LogP contribution >= 0.6 is 23.1 Å². The van der Waals surface area contributed by atoms with Crippen LogP contribution in [0.15, 0.2) is 34.3 Å². The number of fused-ring (bicyclic) bond motifs is 1. The Bertz CT molecular complexity index is 1610. The number of nitrogens with one attached hydrogen (secondary N) is 3. The molecule has 1 saturated heterocycles. The van der Waals surface area contributed by atoms with Crippen molar-refractivity contribution in [1.29, 1.82) is 0 Å². The molecule has 4 rings (SSSR count). The SMILES string of the molecule is CC(C)(O/N=C(\C(=O)N[C@@H]1C(=O)N2C(C(=O)O)=C(C[n+]3cnc(NCCCCN)c(NCCCCN)c3)CS[C@H]12)c1csc(N)n1)C(=O)O. The predicted molar refractivity (Wildman–Crippen MR) is 184 cm³/mol. The summed E-state index contributed by atoms with van der Waals surface area (Å²) in [5.41, 5.74) is 15.9. The first-order chi connectivity index (χ1) is 23.4. The molecule has 2 aromatic rings. The number of rotatable bonds is 19. The summed E-state index contributed by atoms with van der Waals surface area (Å²) >= 11 is 2.32. The van der Waals surface area contributed by atoms with Gasteiger partial charge in [-0.15, -0.1) is 23.1 Å². The number of carbonyl (C=O) groups is 4. The average molecular weight is 721 g/mol. The number of unbranched alkanes of at least 4 members (excludes halogenated alkanes) is 2. The molecule has 2 aromatic heterocycles. The average Bonchev–Trinajstić information content (AvgIpc) is 3.49. The Morgan fingerprint density at radius 3 is 2.45 bits per heavy atom. The molecule has 4 heterocycles. The number of β-lactam (4-membered cyclic amide) rings is 1. The van der Waals surface area contributed by atoms with E-state index in [4.69, 9.17) is 22.0 Å². The Morgan fingerprint density at radius 1 is 1.14 bits per heavy atom. The maximum atomic E-state index is 13.4. The highest BCUT2D eigenvalue weighted by atomic mass is 32.2. The van der Waals surface area contributed by atoms with E-state index in [-0.39, 0.29) is 28.8 Å². The van der Waals surface area contributed by atoms with Crippen LogP contribution in [0.1, 0.15) is 45.2 Å². The number of aromatic nitrogens is 3. The summed E-state index contributed by atoms with van der Waals surface area (Å²) in [4.78, 5) is 65.7. The summed E-state index contributed by atoms with van der Waals surface area (Å²) in [7, 11) is 0. The summed E-state index contributed by atoms with van der Waals surface area (Å²) in [6.07, 6.45) is 6.90. The number of carboxylic acid groups (broad SMARTS) is 2. The quantitative estimate of drug-likeness (QED) is 0.0305. The van der Waals surface area contributed by atoms with E-state index >= 15 is 0 Å². The number of hydrogen-bond acceptors (Lipinski definition) is 15. The maximum Gasteiger partial charge on any atom is 0.352 e. The van der Waals surface area contributed by atoms with Crippen LogP contribution in [0.5, 0.6) is 0 Å². The Labute approximate surface area is 290 Å². The molecule has 18 nitrogen and oxygen atoms in total. The molecule has 0 spiro atoms. The Hall–Kier alpha value is -4.53. The lowest BCUT2D eigenvalue weighted by atomic mass is 10.0. The zero-order valence-corrected chi connectivity index (χ0v) is 28.8. The number of aliphatic carboxylic acids is 2. The van der Waals surface area contributed by atoms with E-state index in [0.717, 1.165) is 47.6 Å². The Morgan fingerprint density at radius 2 is 1.84 bits per heavy atom. The molecular formula is C29H42N11O7S2+. The van der Waals surface area contributed by atoms with E-state index in [2.05, 4.69) is 31.1 Å². The van der Waals surface area contributed by atoms with E-state index in [1.165, 1.54) is 31.0 Å². The second-order valence-corrected chi connectivity index (χ2v) is 13.7. The van der Waals surface area contributed by atoms with Gasteiger partial charge in [-0.1, -0.05) is 5.16 Å². The van der Waals surface area contributed by atoms with Crippen LogP contribution in [0.4, 0.5) is 16.6 Å². The third kappa shape index (κ3) is 9.13. The van der Waals surface area contributed by atoms with Crippen molar-refractivity contribution in [3.8, 4) is 0 Å². The first-order valence-electron chi connectivity index (χ1n) is 15.6. The van der Waals surface area contributed by atoms with Crippen molar-refractivity contribution >= 4 is 69.2 Å². The molecule has 49 heavy (non-hydrogen) atoms. The van der Waals surface area contributed by atoms with Gasteiger partial charge in [-0.05, 0) is 57.6 Å². The van der Waals surface area contributed by atoms with Gasteiger partial charge in [0.2, 0.25) is 5.60 Å². The normalized spacial score (nSPS) is 17.7. The van der Waals surface area contributed by atoms with Crippen LogP contribution in [-0.4, -0.2) is 103 Å². The lowest BCUT2D eigenvalue weighted by Gasteiger charge is -2.49. The Balaban J connectivity index is 1.52. The molecular weight excluding hydrogens is 679 g/mol. The van der Waals surface area contributed by atoms with Crippen molar-refractivity contribution in [3.63, 3.8) is 0 Å². The number of nitrogens with two attached hydrogens (primary N) is 3. The van der Waals surface area contributed by atoms with Crippen molar-refractivity contribution in [2.45, 2.75) is 63.1 Å². The minimum absolute atomic E-state index is 0.0187. The number of carboxylic acids is 2. The number of amides is 2. The van der Waals surface area contributed by atoms with Gasteiger partial charge >= 0.3 is 11.9 Å². The smallest absolute Gasteiger partial charge is 0.352 e. The monoisotopic (exact) mass is 720 g/mol. The van der Waals surface area contributed by atoms with Gasteiger partial charge in [-0.3, -0.25) is 14.5 Å². The molecule has 266 valence electrons. The topological polar surface area (TPSA) is 277 Å². The van der Waals surface area contributed by atoms with Gasteiger partial charge < -0.3 is 48.2 Å². The Kier molecular flexibility index (Phi) is 12.7. The number of thiazole rings is 1. The number of nitrogens with zero attached hydrogens (tertiary/aromatic N) is 5. The molecule has 0 radical (unpaired) electrons. The fourth-order valence-electron chi connectivity index (χ4n) is 4.82. The second kappa shape index (κ2) is 16.7. The second-order valence-electron chi connectivity index (χ2n) is 11.7. The van der Waals surface area contributed by atoms with Crippen molar-refractivity contribution < 1.29 is 38.8 Å². The number of thioether (sulfide) groups is 1. The summed E-state index contributed by atoms with van der Waals surface area (Å²) in [5.74, 6) is -3.20. The van der Waals surface area contributed by atoms with Gasteiger partial charge in [-0.25, -0.2) is 19.1 Å². The highest BCUT2D eigenvalue weighted by Crippen LogP contribution is 2.40. The number of nitrogen functional groups attached to an aromatic ring is 1. The summed E-state index contributed by atoms with van der Waals surface area (Å²) in [6, 6.07) is -1.09. The van der Waals surface area contributed by atoms with Gasteiger partial charge in [0.15, 0.2) is 10.8 Å². The fourth-order valence-corrected chi connectivity index (χ4v) is 6.70. The van der Waals surface area contributed by atoms with E-state index in [1.54, 1.807) is 10.9 Å². The maximum absolute atomic E-state index is 13.4. The fraction of sp³-hybridized carbons (Fsp3) is 0.517. The van der Waals surface area contributed by atoms with Gasteiger partial charge in [0.05, 0.1) is 0 Å². The molecule has 0 aromatic carbocycles. The summed E-state index contributed by atoms with van der Waals surface area (Å²) in [5, 5.41) is 33.5. The van der Waals surface area contributed by atoms with Gasteiger partial charge in [0.1, 0.15) is 41.2 Å². The largest absolute Gasteiger partial charge is 0.478 e. The molecule has 0 saturated carbocycles. The zero-order valence-electron chi connectivity index (χ0n) is 27.2. The van der Waals surface area contributed by atoms with Crippen LogP contribution < -0.4 is 37.7 Å². The van der Waals surface area contributed by atoms with Crippen LogP contribution in [0.3, 0.4) is 0 Å². The molecule has 1 fully saturated rings. The highest BCUT2D eigenvalue weighted by Gasteiger charge is 2.54. The molecule has 2 aliphatic heterocycles. The number of hydrogen-bond donors (Lipinski definition) is 8. The standard InChI is InChI=1S/C29H41N11O7S2/c1-29(2,27(45)46)47-38-19(18-14-49-28(32)36-18)23(41)37-20-24(42)40-21(26(43)44)16(13-48-25(20)40)11-39-12-17(33-9-5-3-7-30)22(35-15-39)34-10-6-4-8-31/h12,14-15,20,25,33H,3-11,13,30-31H2,1-2H3,(H5,32,36,37,41,43,44,45,46)/p+1/b38-19-/t20-,25-/m1/s1. The van der Waals surface area contributed by atoms with E-state index in [9.17, 15) is 29.4 Å². The first kappa shape index (κ1) is 37.3. The van der Waals surface area contributed by atoms with E-state index < -0.39 is 46.5 Å². The third-order valence-electron chi connectivity index (χ3n) is 7.52. The molecule has 11 N–H and O–H groups in total. The minimum Gasteiger partial charge on any atom is -0.478 e. The molecule has 0 unspecified atom stereocenters. The highest BCUT2D eigenvalue weighted by molar-refractivity contribution is 8.00. The zero-order chi connectivity index (χ0) is 35.7. The molecule has 0 bridgehead atoms. The lowest BCUT2D eigenvalue weighted by Crippen LogP contribution is -2.71. The number of anilines is 3. The number of carbonyl (C=O) groups excluding carboxylic acids is 2. The van der Waals surface area contributed by atoms with Crippen molar-refractivity contribution in [2.24, 2.45) is 16.6 Å². The third-order valence-corrected chi connectivity index (χ3v) is 9.54. The van der Waals surface area contributed by atoms with Gasteiger partial charge in [0.25, 0.3) is 24.0 Å². The predicted octanol–water partition coefficient (Wildman–Crippen LogP) is -0.268. The molecule has 20 heteroatoms. The first-order valence-corrected chi connectivity index (χ1v) is 17.5. The summed E-state index contributed by atoms with van der Waals surface area (Å²) in [6.45, 7) is 5.18. The minimum atomic E-state index is -1.77. The van der Waals surface area contributed by atoms with Crippen molar-refractivity contribution in [1.82, 2.24) is 20.2 Å². The lowest BCUT2D eigenvalue weighted by molar-refractivity contribution is -0.691. The number of oxime groups is 1. The van der Waals surface area contributed by atoms with E-state index in [1.807, 2.05) is 6.20 Å². The van der Waals surface area contributed by atoms with E-state index in [0.29, 0.717) is 37.6 Å². The van der Waals surface area contributed by atoms with Gasteiger partial charge in [-0.2, -0.15) is 0 Å². The van der Waals surface area contributed by atoms with Crippen LogP contribution in [-0.2, 0) is 30.6 Å². The van der Waals surface area contributed by atoms with Crippen LogP contribution in [0.2, 0.25) is 0 Å². The van der Waals surface area contributed by atoms with Crippen molar-refractivity contribution in [2.75, 3.05) is 48.3 Å². The molecule has 0 aliphatic carbocycles. The molecule has 2 atom stereocenters. The molecule has 2 aliphatic rings. The van der Waals surface area contributed by atoms with Gasteiger partial charge in [0, 0.05) is 29.8 Å². The summed E-state index contributed by atoms with van der Waals surface area (Å²) < 4.78 is 1.75. The van der Waals surface area contributed by atoms with Crippen molar-refractivity contribution in [3.05, 3.63) is 34.9 Å². The molecule has 2 amide bonds.